The van der Waals surface area contributed by atoms with E-state index in [1.165, 1.54) is 37.1 Å². The van der Waals surface area contributed by atoms with E-state index in [0.717, 1.165) is 30.7 Å². The second-order valence-corrected chi connectivity index (χ2v) is 6.50. The van der Waals surface area contributed by atoms with Gasteiger partial charge in [0.2, 0.25) is 0 Å². The molecule has 0 aromatic rings. The third-order valence-electron chi connectivity index (χ3n) is 5.59. The molecule has 2 rings (SSSR count). The van der Waals surface area contributed by atoms with E-state index in [9.17, 15) is 0 Å². The maximum absolute atomic E-state index is 6.52. The van der Waals surface area contributed by atoms with Crippen LogP contribution in [0.25, 0.3) is 0 Å². The Balaban J connectivity index is 2.00. The fourth-order valence-corrected chi connectivity index (χ4v) is 4.22. The summed E-state index contributed by atoms with van der Waals surface area (Å²) >= 11 is 0. The maximum Gasteiger partial charge on any atom is 0.115 e. The Kier molecular flexibility index (Phi) is 4.50. The van der Waals surface area contributed by atoms with Crippen molar-refractivity contribution in [3.63, 3.8) is 0 Å². The molecule has 0 aliphatic heterocycles. The van der Waals surface area contributed by atoms with E-state index in [0.29, 0.717) is 5.54 Å². The van der Waals surface area contributed by atoms with Crippen molar-refractivity contribution in [2.75, 3.05) is 6.54 Å². The SMILES string of the molecule is C/C=C\CC[NH+](N)[C@@]1(CC)C[C@H](CC)C2C[C@H]2C1. The van der Waals surface area contributed by atoms with Gasteiger partial charge in [0, 0.05) is 25.7 Å². The second kappa shape index (κ2) is 5.75. The summed E-state index contributed by atoms with van der Waals surface area (Å²) in [4.78, 5) is 0. The highest BCUT2D eigenvalue weighted by atomic mass is 15.4. The molecule has 0 aromatic carbocycles. The Bertz CT molecular complexity index is 299. The largest absolute Gasteiger partial charge is 0.255 e. The Morgan fingerprint density at radius 1 is 1.33 bits per heavy atom. The minimum absolute atomic E-state index is 0.375. The van der Waals surface area contributed by atoms with Gasteiger partial charge in [-0.3, -0.25) is 5.01 Å². The summed E-state index contributed by atoms with van der Waals surface area (Å²) < 4.78 is 0. The second-order valence-electron chi connectivity index (χ2n) is 6.50. The van der Waals surface area contributed by atoms with Crippen LogP contribution in [-0.2, 0) is 0 Å². The Labute approximate surface area is 113 Å². The van der Waals surface area contributed by atoms with Crippen molar-refractivity contribution < 1.29 is 5.01 Å². The van der Waals surface area contributed by atoms with E-state index in [4.69, 9.17) is 5.84 Å². The van der Waals surface area contributed by atoms with Crippen LogP contribution in [0.1, 0.15) is 59.3 Å². The van der Waals surface area contributed by atoms with Crippen molar-refractivity contribution in [1.82, 2.24) is 0 Å². The molecule has 2 nitrogen and oxygen atoms in total. The average molecular weight is 251 g/mol. The Morgan fingerprint density at radius 3 is 2.72 bits per heavy atom. The molecule has 2 aliphatic rings. The van der Waals surface area contributed by atoms with E-state index < -0.39 is 0 Å². The van der Waals surface area contributed by atoms with Crippen LogP contribution in [0.3, 0.4) is 0 Å². The highest BCUT2D eigenvalue weighted by Gasteiger charge is 2.56. The molecule has 5 atom stereocenters. The first-order valence-electron chi connectivity index (χ1n) is 7.89. The number of nitrogens with one attached hydrogen (secondary N) is 1. The van der Waals surface area contributed by atoms with Crippen LogP contribution in [0.4, 0.5) is 0 Å². The maximum atomic E-state index is 6.52. The third kappa shape index (κ3) is 2.65. The molecule has 2 aliphatic carbocycles. The van der Waals surface area contributed by atoms with Gasteiger partial charge in [-0.15, -0.1) is 0 Å². The van der Waals surface area contributed by atoms with Crippen LogP contribution in [0.5, 0.6) is 0 Å². The van der Waals surface area contributed by atoms with E-state index in [1.54, 1.807) is 0 Å². The van der Waals surface area contributed by atoms with Crippen molar-refractivity contribution in [2.45, 2.75) is 64.8 Å². The molecule has 0 amide bonds. The smallest absolute Gasteiger partial charge is 0.115 e. The molecule has 0 saturated heterocycles. The fraction of sp³-hybridized carbons (Fsp3) is 0.875. The van der Waals surface area contributed by atoms with Crippen molar-refractivity contribution in [2.24, 2.45) is 23.6 Å². The number of rotatable bonds is 6. The fourth-order valence-electron chi connectivity index (χ4n) is 4.22. The zero-order chi connectivity index (χ0) is 13.2. The lowest BCUT2D eigenvalue weighted by molar-refractivity contribution is -0.967. The summed E-state index contributed by atoms with van der Waals surface area (Å²) in [5, 5.41) is 1.30. The van der Waals surface area contributed by atoms with E-state index >= 15 is 0 Å². The molecule has 0 aromatic heterocycles. The van der Waals surface area contributed by atoms with E-state index in [1.807, 2.05) is 0 Å². The Morgan fingerprint density at radius 2 is 2.11 bits per heavy atom. The highest BCUT2D eigenvalue weighted by molar-refractivity contribution is 5.02. The molecule has 0 radical (unpaired) electrons. The van der Waals surface area contributed by atoms with Crippen molar-refractivity contribution in [1.29, 1.82) is 0 Å². The quantitative estimate of drug-likeness (QED) is 0.423. The van der Waals surface area contributed by atoms with Gasteiger partial charge >= 0.3 is 0 Å². The van der Waals surface area contributed by atoms with Gasteiger partial charge < -0.3 is 0 Å². The van der Waals surface area contributed by atoms with Crippen LogP contribution in [0.2, 0.25) is 0 Å². The van der Waals surface area contributed by atoms with Gasteiger partial charge in [0.15, 0.2) is 0 Å². The van der Waals surface area contributed by atoms with Crippen LogP contribution < -0.4 is 10.9 Å². The molecule has 104 valence electrons. The molecule has 2 fully saturated rings. The standard InChI is InChI=1S/C16H30N2/c1-4-7-8-9-18(17)16(6-3)11-13(5-2)15-10-14(15)12-16/h4,7,13-15H,5-6,8-12,17H2,1-3H3/p+1/b7-4-/t13-,14-,15?,16-/m0/s1. The van der Waals surface area contributed by atoms with Gasteiger partial charge in [-0.25, -0.2) is 0 Å². The van der Waals surface area contributed by atoms with E-state index in [2.05, 4.69) is 32.9 Å². The van der Waals surface area contributed by atoms with Gasteiger partial charge in [0.05, 0.1) is 6.54 Å². The van der Waals surface area contributed by atoms with E-state index in [-0.39, 0.29) is 0 Å². The lowest BCUT2D eigenvalue weighted by Gasteiger charge is -2.42. The molecule has 0 bridgehead atoms. The molecular weight excluding hydrogens is 220 g/mol. The van der Waals surface area contributed by atoms with Gasteiger partial charge in [-0.05, 0) is 31.1 Å². The Hall–Kier alpha value is -0.340. The van der Waals surface area contributed by atoms with Crippen molar-refractivity contribution in [3.8, 4) is 0 Å². The molecule has 2 saturated carbocycles. The van der Waals surface area contributed by atoms with Crippen molar-refractivity contribution >= 4 is 0 Å². The summed E-state index contributed by atoms with van der Waals surface area (Å²) in [6.07, 6.45) is 12.3. The highest BCUT2D eigenvalue weighted by Crippen LogP contribution is 2.56. The summed E-state index contributed by atoms with van der Waals surface area (Å²) in [6.45, 7) is 7.89. The number of quaternary nitrogens is 1. The number of hydrogen-bond donors (Lipinski definition) is 2. The first-order valence-corrected chi connectivity index (χ1v) is 7.89. The van der Waals surface area contributed by atoms with Crippen LogP contribution in [0.15, 0.2) is 12.2 Å². The predicted octanol–water partition coefficient (Wildman–Crippen LogP) is 2.32. The third-order valence-corrected chi connectivity index (χ3v) is 5.59. The minimum Gasteiger partial charge on any atom is -0.255 e. The summed E-state index contributed by atoms with van der Waals surface area (Å²) in [5.74, 6) is 9.52. The number of allylic oxidation sites excluding steroid dienone is 1. The molecule has 2 heteroatoms. The van der Waals surface area contributed by atoms with Crippen molar-refractivity contribution in [3.05, 3.63) is 12.2 Å². The molecule has 3 N–H and O–H groups in total. The minimum atomic E-state index is 0.375. The van der Waals surface area contributed by atoms with Gasteiger partial charge in [-0.2, -0.15) is 5.84 Å². The topological polar surface area (TPSA) is 30.5 Å². The average Bonchev–Trinajstić information content (AvgIpc) is 3.16. The van der Waals surface area contributed by atoms with Gasteiger partial charge in [0.25, 0.3) is 0 Å². The van der Waals surface area contributed by atoms with Crippen LogP contribution in [-0.4, -0.2) is 12.1 Å². The molecule has 18 heavy (non-hydrogen) atoms. The molecule has 2 unspecified atom stereocenters. The first-order chi connectivity index (χ1) is 8.66. The normalized spacial score (nSPS) is 40.8. The van der Waals surface area contributed by atoms with Gasteiger partial charge in [-0.1, -0.05) is 32.4 Å². The van der Waals surface area contributed by atoms with Crippen LogP contribution >= 0.6 is 0 Å². The predicted molar refractivity (Wildman–Crippen MR) is 77.1 cm³/mol. The zero-order valence-corrected chi connectivity index (χ0v) is 12.4. The number of fused-ring (bicyclic) bond motifs is 1. The molecule has 0 spiro atoms. The monoisotopic (exact) mass is 251 g/mol. The van der Waals surface area contributed by atoms with Gasteiger partial charge in [0.1, 0.15) is 5.54 Å². The number of nitrogens with two attached hydrogens (primary N) is 1. The molecule has 0 heterocycles. The summed E-state index contributed by atoms with van der Waals surface area (Å²) in [7, 11) is 0. The number of hydrogen-bond acceptors (Lipinski definition) is 1. The lowest BCUT2D eigenvalue weighted by Crippen LogP contribution is -3.25. The zero-order valence-electron chi connectivity index (χ0n) is 12.4. The summed E-state index contributed by atoms with van der Waals surface area (Å²) in [5.41, 5.74) is 0.375. The van der Waals surface area contributed by atoms with Crippen LogP contribution in [0, 0.1) is 17.8 Å². The lowest BCUT2D eigenvalue weighted by atomic mass is 9.73. The summed E-state index contributed by atoms with van der Waals surface area (Å²) in [6, 6.07) is 0. The first kappa shape index (κ1) is 14.1. The molecular formula is C16H31N2+.